The number of benzene rings is 1. The van der Waals surface area contributed by atoms with Gasteiger partial charge in [0.05, 0.1) is 36.8 Å². The van der Waals surface area contributed by atoms with Gasteiger partial charge in [-0.15, -0.1) is 12.4 Å². The molecule has 2 aromatic rings. The number of ether oxygens (including phenoxy) is 2. The van der Waals surface area contributed by atoms with Crippen LogP contribution in [0, 0.1) is 11.8 Å². The first-order chi connectivity index (χ1) is 13.0. The molecular formula is C20H26Cl2N2O4. The van der Waals surface area contributed by atoms with Crippen LogP contribution >= 0.6 is 24.0 Å². The molecule has 1 aromatic heterocycles. The Hall–Kier alpha value is -1.60. The van der Waals surface area contributed by atoms with Crippen LogP contribution < -0.4 is 10.1 Å². The molecule has 6 nitrogen and oxygen atoms in total. The van der Waals surface area contributed by atoms with Crippen LogP contribution in [0.15, 0.2) is 24.4 Å². The Morgan fingerprint density at radius 3 is 2.93 bits per heavy atom. The number of nitrogens with one attached hydrogen (secondary N) is 1. The van der Waals surface area contributed by atoms with Gasteiger partial charge in [-0.05, 0) is 49.9 Å². The summed E-state index contributed by atoms with van der Waals surface area (Å²) in [6, 6.07) is 5.52. The Morgan fingerprint density at radius 1 is 1.43 bits per heavy atom. The van der Waals surface area contributed by atoms with Crippen molar-refractivity contribution in [3.63, 3.8) is 0 Å². The van der Waals surface area contributed by atoms with Crippen LogP contribution in [0.5, 0.6) is 5.75 Å². The van der Waals surface area contributed by atoms with Crippen LogP contribution in [0.4, 0.5) is 0 Å². The number of aromatic nitrogens is 1. The van der Waals surface area contributed by atoms with Crippen molar-refractivity contribution in [1.82, 2.24) is 10.3 Å². The summed E-state index contributed by atoms with van der Waals surface area (Å²) >= 11 is 6.37. The zero-order valence-electron chi connectivity index (χ0n) is 16.0. The molecule has 0 bridgehead atoms. The number of fused-ring (bicyclic) bond motifs is 1. The smallest absolute Gasteiger partial charge is 0.310 e. The number of methoxy groups -OCH3 is 2. The molecule has 28 heavy (non-hydrogen) atoms. The fourth-order valence-electron chi connectivity index (χ4n) is 3.84. The third kappa shape index (κ3) is 4.87. The van der Waals surface area contributed by atoms with Crippen molar-refractivity contribution < 1.29 is 19.4 Å². The van der Waals surface area contributed by atoms with Gasteiger partial charge in [-0.1, -0.05) is 11.6 Å². The van der Waals surface area contributed by atoms with E-state index in [0.717, 1.165) is 23.9 Å². The molecule has 0 radical (unpaired) electrons. The highest BCUT2D eigenvalue weighted by atomic mass is 35.5. The van der Waals surface area contributed by atoms with Gasteiger partial charge in [-0.2, -0.15) is 0 Å². The molecule has 0 saturated carbocycles. The lowest BCUT2D eigenvalue weighted by Gasteiger charge is -2.31. The molecule has 0 amide bonds. The average Bonchev–Trinajstić information content (AvgIpc) is 2.71. The Kier molecular flexibility index (Phi) is 8.31. The standard InChI is InChI=1S/C20H25ClN2O4.ClH/c1-26-13-4-5-17-14(9-13)19(16(21)11-23-17)18(24)6-3-12-7-8-22-10-15(12)20(25)27-2;/h4-5,9,11-12,15,18,22,24H,3,6-8,10H2,1-2H3;1H. The van der Waals surface area contributed by atoms with Gasteiger partial charge in [-0.25, -0.2) is 0 Å². The van der Waals surface area contributed by atoms with E-state index in [4.69, 9.17) is 21.1 Å². The first kappa shape index (κ1) is 22.7. The first-order valence-electron chi connectivity index (χ1n) is 9.14. The van der Waals surface area contributed by atoms with Gasteiger partial charge in [0.1, 0.15) is 5.75 Å². The maximum atomic E-state index is 12.0. The fraction of sp³-hybridized carbons (Fsp3) is 0.500. The summed E-state index contributed by atoms with van der Waals surface area (Å²) in [6.45, 7) is 1.48. The SMILES string of the molecule is COC(=O)C1CNCCC1CCC(O)c1c(Cl)cnc2ccc(OC)cc12.Cl. The predicted molar refractivity (Wildman–Crippen MR) is 111 cm³/mol. The normalized spacial score (nSPS) is 20.3. The third-order valence-corrected chi connectivity index (χ3v) is 5.64. The summed E-state index contributed by atoms with van der Waals surface area (Å²) in [5, 5.41) is 15.3. The molecule has 2 heterocycles. The largest absolute Gasteiger partial charge is 0.497 e. The first-order valence-corrected chi connectivity index (χ1v) is 9.51. The number of nitrogens with zero attached hydrogens (tertiary/aromatic N) is 1. The van der Waals surface area contributed by atoms with Crippen LogP contribution in [-0.4, -0.2) is 43.4 Å². The van der Waals surface area contributed by atoms with Crippen LogP contribution in [0.25, 0.3) is 10.9 Å². The second kappa shape index (κ2) is 10.3. The number of aliphatic hydroxyl groups excluding tert-OH is 1. The van der Waals surface area contributed by atoms with Crippen molar-refractivity contribution in [2.75, 3.05) is 27.3 Å². The van der Waals surface area contributed by atoms with Crippen LogP contribution in [0.3, 0.4) is 0 Å². The van der Waals surface area contributed by atoms with E-state index in [1.807, 2.05) is 18.2 Å². The van der Waals surface area contributed by atoms with Gasteiger partial charge in [0.2, 0.25) is 0 Å². The maximum Gasteiger partial charge on any atom is 0.310 e. The van der Waals surface area contributed by atoms with Gasteiger partial charge in [0.15, 0.2) is 0 Å². The second-order valence-electron chi connectivity index (χ2n) is 6.88. The number of aliphatic hydroxyl groups is 1. The van der Waals surface area contributed by atoms with Crippen molar-refractivity contribution in [2.45, 2.75) is 25.4 Å². The number of carbonyl (C=O) groups is 1. The highest BCUT2D eigenvalue weighted by Crippen LogP contribution is 2.36. The molecule has 1 saturated heterocycles. The van der Waals surface area contributed by atoms with E-state index in [0.29, 0.717) is 35.7 Å². The molecule has 2 N–H and O–H groups in total. The molecule has 0 spiro atoms. The fourth-order valence-corrected chi connectivity index (χ4v) is 4.11. The van der Waals surface area contributed by atoms with E-state index in [1.54, 1.807) is 13.3 Å². The van der Waals surface area contributed by atoms with Crippen molar-refractivity contribution in [2.24, 2.45) is 11.8 Å². The summed E-state index contributed by atoms with van der Waals surface area (Å²) in [5.74, 6) is 0.485. The van der Waals surface area contributed by atoms with Gasteiger partial charge in [0.25, 0.3) is 0 Å². The third-order valence-electron chi connectivity index (χ3n) is 5.34. The molecular weight excluding hydrogens is 403 g/mol. The van der Waals surface area contributed by atoms with Gasteiger partial charge in [-0.3, -0.25) is 9.78 Å². The summed E-state index contributed by atoms with van der Waals surface area (Å²) in [5.41, 5.74) is 1.41. The molecule has 0 aliphatic carbocycles. The Morgan fingerprint density at radius 2 is 2.21 bits per heavy atom. The lowest BCUT2D eigenvalue weighted by Crippen LogP contribution is -2.41. The van der Waals surface area contributed by atoms with Crippen molar-refractivity contribution in [3.8, 4) is 5.75 Å². The van der Waals surface area contributed by atoms with E-state index in [2.05, 4.69) is 10.3 Å². The minimum absolute atomic E-state index is 0. The summed E-state index contributed by atoms with van der Waals surface area (Å²) < 4.78 is 10.2. The Labute approximate surface area is 176 Å². The van der Waals surface area contributed by atoms with Gasteiger partial charge < -0.3 is 19.9 Å². The number of hydrogen-bond donors (Lipinski definition) is 2. The Balaban J connectivity index is 0.00000280. The zero-order chi connectivity index (χ0) is 19.4. The van der Waals surface area contributed by atoms with E-state index in [9.17, 15) is 9.90 Å². The monoisotopic (exact) mass is 428 g/mol. The molecule has 1 fully saturated rings. The van der Waals surface area contributed by atoms with E-state index < -0.39 is 6.10 Å². The minimum atomic E-state index is -0.747. The molecule has 8 heteroatoms. The number of rotatable bonds is 6. The van der Waals surface area contributed by atoms with Crippen molar-refractivity contribution in [3.05, 3.63) is 35.0 Å². The number of halogens is 2. The van der Waals surface area contributed by atoms with Crippen LogP contribution in [-0.2, 0) is 9.53 Å². The molecule has 1 aliphatic heterocycles. The van der Waals surface area contributed by atoms with Gasteiger partial charge in [0, 0.05) is 23.7 Å². The highest BCUT2D eigenvalue weighted by molar-refractivity contribution is 6.32. The molecule has 3 unspecified atom stereocenters. The molecule has 3 atom stereocenters. The van der Waals surface area contributed by atoms with Crippen LogP contribution in [0.1, 0.15) is 30.9 Å². The summed E-state index contributed by atoms with van der Waals surface area (Å²) in [6.07, 6.45) is 2.92. The lowest BCUT2D eigenvalue weighted by molar-refractivity contribution is -0.148. The highest BCUT2D eigenvalue weighted by Gasteiger charge is 2.32. The molecule has 154 valence electrons. The number of esters is 1. The molecule has 3 rings (SSSR count). The number of hydrogen-bond acceptors (Lipinski definition) is 6. The second-order valence-corrected chi connectivity index (χ2v) is 7.29. The van der Waals surface area contributed by atoms with Gasteiger partial charge >= 0.3 is 5.97 Å². The predicted octanol–water partition coefficient (Wildman–Crippen LogP) is 3.53. The van der Waals surface area contributed by atoms with E-state index >= 15 is 0 Å². The Bertz CT molecular complexity index is 818. The van der Waals surface area contributed by atoms with Crippen molar-refractivity contribution >= 4 is 40.9 Å². The number of piperidine rings is 1. The molecule has 1 aromatic carbocycles. The zero-order valence-corrected chi connectivity index (χ0v) is 17.6. The molecule has 1 aliphatic rings. The topological polar surface area (TPSA) is 80.7 Å². The summed E-state index contributed by atoms with van der Waals surface area (Å²) in [4.78, 5) is 16.4. The van der Waals surface area contributed by atoms with Crippen molar-refractivity contribution in [1.29, 1.82) is 0 Å². The van der Waals surface area contributed by atoms with E-state index in [1.165, 1.54) is 7.11 Å². The maximum absolute atomic E-state index is 12.0. The number of carbonyl (C=O) groups excluding carboxylic acids is 1. The lowest BCUT2D eigenvalue weighted by atomic mass is 9.82. The summed E-state index contributed by atoms with van der Waals surface area (Å²) in [7, 11) is 3.01. The number of pyridine rings is 1. The van der Waals surface area contributed by atoms with Crippen LogP contribution in [0.2, 0.25) is 5.02 Å². The quantitative estimate of drug-likeness (QED) is 0.684. The average molecular weight is 429 g/mol. The van der Waals surface area contributed by atoms with E-state index in [-0.39, 0.29) is 30.2 Å². The minimum Gasteiger partial charge on any atom is -0.497 e.